The highest BCUT2D eigenvalue weighted by Gasteiger charge is 2.21. The van der Waals surface area contributed by atoms with Gasteiger partial charge >= 0.3 is 0 Å². The van der Waals surface area contributed by atoms with Crippen molar-refractivity contribution in [3.63, 3.8) is 0 Å². The first-order chi connectivity index (χ1) is 8.52. The van der Waals surface area contributed by atoms with Gasteiger partial charge in [0.1, 0.15) is 4.90 Å². The van der Waals surface area contributed by atoms with Gasteiger partial charge in [0.15, 0.2) is 21.2 Å². The van der Waals surface area contributed by atoms with Crippen LogP contribution in [-0.2, 0) is 13.2 Å². The summed E-state index contributed by atoms with van der Waals surface area (Å²) >= 11 is -1.60. The summed E-state index contributed by atoms with van der Waals surface area (Å²) in [6, 6.07) is 4.92. The smallest absolute Gasteiger partial charge is 0.282 e. The van der Waals surface area contributed by atoms with Gasteiger partial charge in [-0.1, -0.05) is 25.3 Å². The predicted molar refractivity (Wildman–Crippen MR) is 75.5 cm³/mol. The van der Waals surface area contributed by atoms with Crippen LogP contribution in [0.3, 0.4) is 0 Å². The zero-order chi connectivity index (χ0) is 13.2. The first-order valence-corrected chi connectivity index (χ1v) is 9.31. The molecule has 0 aliphatic heterocycles. The molecular weight excluding hydrogens is 367 g/mol. The second kappa shape index (κ2) is 5.75. The van der Waals surface area contributed by atoms with Crippen LogP contribution in [0.2, 0.25) is 0 Å². The molecular formula is C12H15IO4S. The first kappa shape index (κ1) is 14.1. The quantitative estimate of drug-likeness (QED) is 0.642. The van der Waals surface area contributed by atoms with E-state index in [4.69, 9.17) is 0 Å². The average molecular weight is 382 g/mol. The summed E-state index contributed by atoms with van der Waals surface area (Å²) in [6.45, 7) is 0. The number of rotatable bonds is 3. The largest absolute Gasteiger partial charge is 0.295 e. The Morgan fingerprint density at radius 3 is 2.39 bits per heavy atom. The molecule has 1 N–H and O–H groups in total. The van der Waals surface area contributed by atoms with Crippen LogP contribution in [0.15, 0.2) is 23.1 Å². The zero-order valence-electron chi connectivity index (χ0n) is 9.80. The molecule has 0 amide bonds. The van der Waals surface area contributed by atoms with Crippen LogP contribution in [0.1, 0.15) is 43.6 Å². The third-order valence-corrected chi connectivity index (χ3v) is 6.07. The molecule has 0 spiro atoms. The van der Waals surface area contributed by atoms with Gasteiger partial charge in [-0.05, 0) is 36.5 Å². The molecule has 0 heterocycles. The van der Waals surface area contributed by atoms with Crippen LogP contribution >= 0.6 is 21.2 Å². The minimum absolute atomic E-state index is 0.173. The summed E-state index contributed by atoms with van der Waals surface area (Å²) in [6.07, 6.45) is 5.64. The summed E-state index contributed by atoms with van der Waals surface area (Å²) < 4.78 is 43.0. The maximum atomic E-state index is 11.3. The van der Waals surface area contributed by atoms with Crippen LogP contribution in [-0.4, -0.2) is 13.0 Å². The molecule has 6 heteroatoms. The van der Waals surface area contributed by atoms with Gasteiger partial charge in [-0.25, -0.2) is 0 Å². The number of halogens is 1. The summed E-state index contributed by atoms with van der Waals surface area (Å²) in [4.78, 5) is -0.173. The van der Waals surface area contributed by atoms with Gasteiger partial charge in [-0.15, -0.1) is 0 Å². The number of hydrogen-bond acceptors (Lipinski definition) is 3. The molecule has 100 valence electrons. The molecule has 1 fully saturated rings. The lowest BCUT2D eigenvalue weighted by Crippen LogP contribution is -2.07. The molecule has 1 aromatic carbocycles. The second-order valence-electron chi connectivity index (χ2n) is 4.58. The highest BCUT2D eigenvalue weighted by atomic mass is 127. The summed E-state index contributed by atoms with van der Waals surface area (Å²) in [5.74, 6) is 0.359. The van der Waals surface area contributed by atoms with Crippen molar-refractivity contribution in [2.24, 2.45) is 0 Å². The van der Waals surface area contributed by atoms with E-state index in [1.165, 1.54) is 12.5 Å². The van der Waals surface area contributed by atoms with Crippen molar-refractivity contribution < 1.29 is 16.0 Å². The number of hydrogen-bond donors (Lipinski definition) is 1. The van der Waals surface area contributed by atoms with E-state index in [0.29, 0.717) is 5.92 Å². The van der Waals surface area contributed by atoms with Crippen molar-refractivity contribution in [3.05, 3.63) is 27.3 Å². The molecule has 0 unspecified atom stereocenters. The lowest BCUT2D eigenvalue weighted by molar-refractivity contribution is 0.442. The van der Waals surface area contributed by atoms with Crippen molar-refractivity contribution in [3.8, 4) is 0 Å². The lowest BCUT2D eigenvalue weighted by atomic mass is 9.84. The Hall–Kier alpha value is -0.340. The van der Waals surface area contributed by atoms with Crippen LogP contribution in [0, 0.1) is 3.57 Å². The number of benzene rings is 1. The van der Waals surface area contributed by atoms with Crippen molar-refractivity contribution in [1.29, 1.82) is 0 Å². The minimum Gasteiger partial charge on any atom is -0.282 e. The van der Waals surface area contributed by atoms with E-state index in [0.717, 1.165) is 31.2 Å². The third kappa shape index (κ3) is 3.16. The second-order valence-corrected chi connectivity index (χ2v) is 7.57. The van der Waals surface area contributed by atoms with E-state index < -0.39 is 31.3 Å². The van der Waals surface area contributed by atoms with Gasteiger partial charge in [0.25, 0.3) is 10.1 Å². The molecule has 1 aromatic rings. The molecule has 1 aliphatic carbocycles. The van der Waals surface area contributed by atoms with Crippen molar-refractivity contribution in [2.75, 3.05) is 0 Å². The van der Waals surface area contributed by atoms with Gasteiger partial charge in [-0.3, -0.25) is 7.62 Å². The van der Waals surface area contributed by atoms with Gasteiger partial charge in [0.2, 0.25) is 0 Å². The van der Waals surface area contributed by atoms with E-state index in [-0.39, 0.29) is 8.47 Å². The molecule has 18 heavy (non-hydrogen) atoms. The Labute approximate surface area is 117 Å². The Morgan fingerprint density at radius 2 is 1.83 bits per heavy atom. The van der Waals surface area contributed by atoms with E-state index in [1.807, 2.05) is 6.07 Å². The van der Waals surface area contributed by atoms with Gasteiger partial charge in [0.05, 0.1) is 3.57 Å². The molecule has 0 radical (unpaired) electrons. The molecule has 1 saturated carbocycles. The standard InChI is InChI=1S/C12H15IO4S/c14-13-11-7-6-10(8-12(11)18(15,16)17)9-4-2-1-3-5-9/h6-9H,1-5H2,(H,15,16,17). The van der Waals surface area contributed by atoms with Crippen molar-refractivity contribution >= 4 is 31.3 Å². The fourth-order valence-corrected chi connectivity index (χ4v) is 4.82. The van der Waals surface area contributed by atoms with Crippen LogP contribution in [0.25, 0.3) is 0 Å². The Morgan fingerprint density at radius 1 is 1.17 bits per heavy atom. The highest BCUT2D eigenvalue weighted by Crippen LogP contribution is 2.34. The van der Waals surface area contributed by atoms with E-state index in [2.05, 4.69) is 0 Å². The molecule has 4 nitrogen and oxygen atoms in total. The van der Waals surface area contributed by atoms with Crippen molar-refractivity contribution in [2.45, 2.75) is 42.9 Å². The van der Waals surface area contributed by atoms with Crippen LogP contribution in [0.4, 0.5) is 0 Å². The summed E-state index contributed by atoms with van der Waals surface area (Å²) in [7, 11) is -4.28. The van der Waals surface area contributed by atoms with Crippen molar-refractivity contribution in [1.82, 2.24) is 0 Å². The average Bonchev–Trinajstić information content (AvgIpc) is 2.38. The van der Waals surface area contributed by atoms with Gasteiger partial charge in [-0.2, -0.15) is 8.42 Å². The van der Waals surface area contributed by atoms with E-state index in [1.54, 1.807) is 6.07 Å². The SMILES string of the molecule is O=Ic1ccc(C2CCCCC2)cc1S(=O)(=O)O. The summed E-state index contributed by atoms with van der Waals surface area (Å²) in [5, 5.41) is 0. The first-order valence-electron chi connectivity index (χ1n) is 5.91. The van der Waals surface area contributed by atoms with Crippen LogP contribution < -0.4 is 0 Å². The molecule has 1 aliphatic rings. The van der Waals surface area contributed by atoms with E-state index in [9.17, 15) is 16.0 Å². The fraction of sp³-hybridized carbons (Fsp3) is 0.500. The minimum atomic E-state index is -4.28. The van der Waals surface area contributed by atoms with Gasteiger partial charge in [0, 0.05) is 0 Å². The van der Waals surface area contributed by atoms with Crippen LogP contribution in [0.5, 0.6) is 0 Å². The Balaban J connectivity index is 2.42. The summed E-state index contributed by atoms with van der Waals surface area (Å²) in [5.41, 5.74) is 0.934. The third-order valence-electron chi connectivity index (χ3n) is 3.39. The topological polar surface area (TPSA) is 71.4 Å². The zero-order valence-corrected chi connectivity index (χ0v) is 12.8. The lowest BCUT2D eigenvalue weighted by Gasteiger charge is -2.22. The maximum absolute atomic E-state index is 11.3. The molecule has 0 saturated heterocycles. The molecule has 0 atom stereocenters. The monoisotopic (exact) mass is 382 g/mol. The Bertz CT molecular complexity index is 547. The maximum Gasteiger partial charge on any atom is 0.295 e. The van der Waals surface area contributed by atoms with E-state index >= 15 is 0 Å². The highest BCUT2D eigenvalue weighted by molar-refractivity contribution is 14.1. The molecule has 0 bridgehead atoms. The molecule has 0 aromatic heterocycles. The fourth-order valence-electron chi connectivity index (χ4n) is 2.47. The van der Waals surface area contributed by atoms with Gasteiger partial charge < -0.3 is 0 Å². The normalized spacial score (nSPS) is 17.8. The molecule has 2 rings (SSSR count). The predicted octanol–water partition coefficient (Wildman–Crippen LogP) is 3.47. The Kier molecular flexibility index (Phi) is 4.50.